The Morgan fingerprint density at radius 2 is 2.11 bits per heavy atom. The number of anilines is 1. The average Bonchev–Trinajstić information content (AvgIpc) is 2.38. The highest BCUT2D eigenvalue weighted by Crippen LogP contribution is 2.26. The van der Waals surface area contributed by atoms with Crippen LogP contribution in [-0.2, 0) is 9.53 Å². The number of nitriles is 1. The monoisotopic (exact) mass is 248 g/mol. The molecule has 0 aromatic heterocycles. The van der Waals surface area contributed by atoms with Crippen LogP contribution >= 0.6 is 0 Å². The van der Waals surface area contributed by atoms with Crippen LogP contribution in [0.4, 0.5) is 5.69 Å². The zero-order valence-corrected chi connectivity index (χ0v) is 10.0. The van der Waals surface area contributed by atoms with E-state index in [1.165, 1.54) is 32.4 Å². The molecule has 0 saturated carbocycles. The van der Waals surface area contributed by atoms with Crippen molar-refractivity contribution in [1.82, 2.24) is 0 Å². The van der Waals surface area contributed by atoms with Gasteiger partial charge >= 0.3 is 5.97 Å². The molecular formula is C12H12N2O4. The Hall–Kier alpha value is -2.55. The predicted octanol–water partition coefficient (Wildman–Crippen LogP) is 1.33. The summed E-state index contributed by atoms with van der Waals surface area (Å²) in [6.45, 7) is 0. The summed E-state index contributed by atoms with van der Waals surface area (Å²) in [4.78, 5) is 22.6. The number of methoxy groups -OCH3 is 2. The molecule has 0 radical (unpaired) electrons. The summed E-state index contributed by atoms with van der Waals surface area (Å²) < 4.78 is 9.62. The van der Waals surface area contributed by atoms with Crippen molar-refractivity contribution in [2.45, 2.75) is 6.42 Å². The van der Waals surface area contributed by atoms with Crippen molar-refractivity contribution in [2.75, 3.05) is 19.5 Å². The smallest absolute Gasteiger partial charge is 0.337 e. The summed E-state index contributed by atoms with van der Waals surface area (Å²) in [5.74, 6) is -0.617. The normalized spacial score (nSPS) is 9.17. The molecule has 18 heavy (non-hydrogen) atoms. The molecule has 0 aliphatic heterocycles. The Balaban J connectivity index is 2.97. The second-order valence-electron chi connectivity index (χ2n) is 3.29. The van der Waals surface area contributed by atoms with Gasteiger partial charge in [0, 0.05) is 0 Å². The van der Waals surface area contributed by atoms with Crippen LogP contribution in [0.2, 0.25) is 0 Å². The number of benzene rings is 1. The van der Waals surface area contributed by atoms with Gasteiger partial charge in [-0.15, -0.1) is 0 Å². The molecule has 0 fully saturated rings. The molecule has 0 aliphatic rings. The largest absolute Gasteiger partial charge is 0.495 e. The standard InChI is InChI=1S/C12H12N2O4/c1-17-10-7-8(12(16)18-2)3-4-9(10)14-11(15)5-6-13/h3-4,7H,5H2,1-2H3,(H,14,15). The summed E-state index contributed by atoms with van der Waals surface area (Å²) in [6, 6.07) is 6.20. The Labute approximate surface area is 104 Å². The van der Waals surface area contributed by atoms with Gasteiger partial charge in [0.2, 0.25) is 5.91 Å². The van der Waals surface area contributed by atoms with Gasteiger partial charge in [0.1, 0.15) is 12.2 Å². The third-order valence-electron chi connectivity index (χ3n) is 2.14. The van der Waals surface area contributed by atoms with Crippen LogP contribution in [-0.4, -0.2) is 26.1 Å². The number of amides is 1. The van der Waals surface area contributed by atoms with E-state index in [1.807, 2.05) is 0 Å². The Bertz CT molecular complexity index is 505. The second-order valence-corrected chi connectivity index (χ2v) is 3.29. The summed E-state index contributed by atoms with van der Waals surface area (Å²) in [6.07, 6.45) is -0.248. The molecule has 1 aromatic carbocycles. The molecule has 6 nitrogen and oxygen atoms in total. The molecule has 1 rings (SSSR count). The summed E-state index contributed by atoms with van der Waals surface area (Å²) in [5.41, 5.74) is 0.707. The first kappa shape index (κ1) is 13.5. The first-order chi connectivity index (χ1) is 8.62. The molecule has 94 valence electrons. The number of nitrogens with one attached hydrogen (secondary N) is 1. The third kappa shape index (κ3) is 3.22. The number of nitrogens with zero attached hydrogens (tertiary/aromatic N) is 1. The lowest BCUT2D eigenvalue weighted by atomic mass is 10.2. The van der Waals surface area contributed by atoms with E-state index >= 15 is 0 Å². The van der Waals surface area contributed by atoms with Gasteiger partial charge in [0.25, 0.3) is 0 Å². The van der Waals surface area contributed by atoms with Crippen LogP contribution in [0.5, 0.6) is 5.75 Å². The fourth-order valence-corrected chi connectivity index (χ4v) is 1.31. The Morgan fingerprint density at radius 3 is 2.67 bits per heavy atom. The van der Waals surface area contributed by atoms with Crippen molar-refractivity contribution >= 4 is 17.6 Å². The van der Waals surface area contributed by atoms with Gasteiger partial charge in [-0.25, -0.2) is 4.79 Å². The lowest BCUT2D eigenvalue weighted by Gasteiger charge is -2.10. The number of rotatable bonds is 4. The molecule has 0 atom stereocenters. The van der Waals surface area contributed by atoms with Crippen LogP contribution in [0, 0.1) is 11.3 Å². The molecule has 0 saturated heterocycles. The summed E-state index contributed by atoms with van der Waals surface area (Å²) >= 11 is 0. The molecule has 1 N–H and O–H groups in total. The van der Waals surface area contributed by atoms with Crippen LogP contribution in [0.3, 0.4) is 0 Å². The van der Waals surface area contributed by atoms with Crippen LogP contribution < -0.4 is 10.1 Å². The van der Waals surface area contributed by atoms with E-state index in [-0.39, 0.29) is 6.42 Å². The van der Waals surface area contributed by atoms with Gasteiger partial charge in [-0.05, 0) is 18.2 Å². The number of hydrogen-bond acceptors (Lipinski definition) is 5. The molecule has 0 unspecified atom stereocenters. The first-order valence-electron chi connectivity index (χ1n) is 5.05. The zero-order valence-electron chi connectivity index (χ0n) is 10.0. The van der Waals surface area contributed by atoms with Gasteiger partial charge in [-0.3, -0.25) is 4.79 Å². The molecule has 0 aliphatic carbocycles. The Kier molecular flexibility index (Phi) is 4.69. The van der Waals surface area contributed by atoms with Crippen molar-refractivity contribution in [3.05, 3.63) is 23.8 Å². The lowest BCUT2D eigenvalue weighted by Crippen LogP contribution is -2.11. The van der Waals surface area contributed by atoms with E-state index in [0.717, 1.165) is 0 Å². The van der Waals surface area contributed by atoms with Crippen molar-refractivity contribution < 1.29 is 19.1 Å². The van der Waals surface area contributed by atoms with Gasteiger partial charge in [-0.1, -0.05) is 0 Å². The van der Waals surface area contributed by atoms with E-state index in [2.05, 4.69) is 10.1 Å². The predicted molar refractivity (Wildman–Crippen MR) is 63.2 cm³/mol. The maximum atomic E-state index is 11.3. The summed E-state index contributed by atoms with van der Waals surface area (Å²) in [7, 11) is 2.69. The SMILES string of the molecule is COC(=O)c1ccc(NC(=O)CC#N)c(OC)c1. The number of esters is 1. The van der Waals surface area contributed by atoms with Crippen molar-refractivity contribution in [3.63, 3.8) is 0 Å². The highest BCUT2D eigenvalue weighted by molar-refractivity contribution is 5.95. The zero-order chi connectivity index (χ0) is 13.5. The van der Waals surface area contributed by atoms with Crippen LogP contribution in [0.25, 0.3) is 0 Å². The van der Waals surface area contributed by atoms with Crippen molar-refractivity contribution in [3.8, 4) is 11.8 Å². The van der Waals surface area contributed by atoms with Crippen molar-refractivity contribution in [1.29, 1.82) is 5.26 Å². The molecule has 0 heterocycles. The van der Waals surface area contributed by atoms with E-state index in [4.69, 9.17) is 10.00 Å². The Morgan fingerprint density at radius 1 is 1.39 bits per heavy atom. The van der Waals surface area contributed by atoms with E-state index < -0.39 is 11.9 Å². The topological polar surface area (TPSA) is 88.4 Å². The van der Waals surface area contributed by atoms with Gasteiger partial charge in [0.15, 0.2) is 0 Å². The van der Waals surface area contributed by atoms with Crippen molar-refractivity contribution in [2.24, 2.45) is 0 Å². The highest BCUT2D eigenvalue weighted by Gasteiger charge is 2.12. The second kappa shape index (κ2) is 6.25. The molecule has 1 aromatic rings. The number of hydrogen-bond donors (Lipinski definition) is 1. The van der Waals surface area contributed by atoms with Gasteiger partial charge in [-0.2, -0.15) is 5.26 Å². The fraction of sp³-hybridized carbons (Fsp3) is 0.250. The van der Waals surface area contributed by atoms with E-state index in [0.29, 0.717) is 17.0 Å². The maximum Gasteiger partial charge on any atom is 0.337 e. The van der Waals surface area contributed by atoms with E-state index in [1.54, 1.807) is 6.07 Å². The van der Waals surface area contributed by atoms with Crippen LogP contribution in [0.1, 0.15) is 16.8 Å². The molecular weight excluding hydrogens is 236 g/mol. The molecule has 6 heteroatoms. The van der Waals surface area contributed by atoms with Crippen LogP contribution in [0.15, 0.2) is 18.2 Å². The van der Waals surface area contributed by atoms with Gasteiger partial charge < -0.3 is 14.8 Å². The maximum absolute atomic E-state index is 11.3. The average molecular weight is 248 g/mol. The number of carbonyl (C=O) groups excluding carboxylic acids is 2. The quantitative estimate of drug-likeness (QED) is 0.812. The number of ether oxygens (including phenoxy) is 2. The summed E-state index contributed by atoms with van der Waals surface area (Å²) in [5, 5.41) is 10.9. The molecule has 0 bridgehead atoms. The van der Waals surface area contributed by atoms with Gasteiger partial charge in [0.05, 0.1) is 31.5 Å². The minimum atomic E-state index is -0.497. The van der Waals surface area contributed by atoms with E-state index in [9.17, 15) is 9.59 Å². The third-order valence-corrected chi connectivity index (χ3v) is 2.14. The molecule has 1 amide bonds. The molecule has 0 spiro atoms. The fourth-order valence-electron chi connectivity index (χ4n) is 1.31. The first-order valence-corrected chi connectivity index (χ1v) is 5.05. The lowest BCUT2D eigenvalue weighted by molar-refractivity contribution is -0.115. The number of carbonyl (C=O) groups is 2. The highest BCUT2D eigenvalue weighted by atomic mass is 16.5. The minimum Gasteiger partial charge on any atom is -0.495 e. The minimum absolute atomic E-state index is 0.248.